The van der Waals surface area contributed by atoms with Crippen LogP contribution in [0.4, 0.5) is 0 Å². The number of hydrogen-bond donors (Lipinski definition) is 2. The molecule has 0 radical (unpaired) electrons. The first-order valence-electron chi connectivity index (χ1n) is 9.73. The Bertz CT molecular complexity index is 1240. The van der Waals surface area contributed by atoms with E-state index in [9.17, 15) is 4.79 Å². The number of amides is 1. The highest BCUT2D eigenvalue weighted by Crippen LogP contribution is 2.19. The lowest BCUT2D eigenvalue weighted by Gasteiger charge is -2.08. The quantitative estimate of drug-likeness (QED) is 0.434. The molecule has 5 nitrogen and oxygen atoms in total. The number of aromatic nitrogens is 2. The second-order valence-corrected chi connectivity index (χ2v) is 7.65. The Balaban J connectivity index is 1.50. The molecule has 0 unspecified atom stereocenters. The maximum atomic E-state index is 12.6. The molecule has 2 N–H and O–H groups in total. The van der Waals surface area contributed by atoms with Gasteiger partial charge >= 0.3 is 0 Å². The lowest BCUT2D eigenvalue weighted by molar-refractivity contribution is 0.0951. The van der Waals surface area contributed by atoms with Crippen molar-refractivity contribution in [1.82, 2.24) is 14.9 Å². The van der Waals surface area contributed by atoms with Crippen molar-refractivity contribution < 1.29 is 9.53 Å². The first-order valence-corrected chi connectivity index (χ1v) is 10.1. The summed E-state index contributed by atoms with van der Waals surface area (Å²) in [5.74, 6) is 0.666. The number of imidazole rings is 1. The van der Waals surface area contributed by atoms with Gasteiger partial charge in [-0.2, -0.15) is 0 Å². The van der Waals surface area contributed by atoms with Gasteiger partial charge in [-0.15, -0.1) is 0 Å². The summed E-state index contributed by atoms with van der Waals surface area (Å²) in [4.78, 5) is 15.8. The second kappa shape index (κ2) is 8.55. The zero-order valence-corrected chi connectivity index (χ0v) is 17.8. The van der Waals surface area contributed by atoms with Crippen molar-refractivity contribution in [2.45, 2.75) is 20.0 Å². The van der Waals surface area contributed by atoms with Crippen molar-refractivity contribution >= 4 is 29.2 Å². The molecule has 0 bridgehead atoms. The van der Waals surface area contributed by atoms with Gasteiger partial charge in [0, 0.05) is 12.1 Å². The minimum atomic E-state index is -0.127. The number of benzene rings is 3. The maximum Gasteiger partial charge on any atom is 0.251 e. The van der Waals surface area contributed by atoms with Gasteiger partial charge in [0.2, 0.25) is 0 Å². The number of aromatic amines is 1. The molecule has 4 aromatic rings. The Labute approximate surface area is 180 Å². The molecule has 0 spiro atoms. The molecule has 0 atom stereocenters. The number of carbonyl (C=O) groups is 1. The van der Waals surface area contributed by atoms with Crippen LogP contribution < -0.4 is 10.1 Å². The van der Waals surface area contributed by atoms with E-state index in [1.807, 2.05) is 47.0 Å². The van der Waals surface area contributed by atoms with Gasteiger partial charge in [-0.05, 0) is 60.6 Å². The number of carbonyl (C=O) groups excluding carboxylic acids is 1. The predicted octanol–water partition coefficient (Wildman–Crippen LogP) is 4.99. The van der Waals surface area contributed by atoms with Crippen molar-refractivity contribution in [1.29, 1.82) is 0 Å². The van der Waals surface area contributed by atoms with Crippen LogP contribution in [-0.4, -0.2) is 22.6 Å². The molecule has 6 heteroatoms. The first kappa shape index (κ1) is 19.9. The Morgan fingerprint density at radius 1 is 1.03 bits per heavy atom. The van der Waals surface area contributed by atoms with E-state index in [0.717, 1.165) is 22.3 Å². The van der Waals surface area contributed by atoms with Gasteiger partial charge in [0.15, 0.2) is 4.77 Å². The summed E-state index contributed by atoms with van der Waals surface area (Å²) in [6, 6.07) is 21.7. The highest BCUT2D eigenvalue weighted by molar-refractivity contribution is 7.71. The topological polar surface area (TPSA) is 59.0 Å². The minimum Gasteiger partial charge on any atom is -0.497 e. The Morgan fingerprint density at radius 3 is 2.43 bits per heavy atom. The highest BCUT2D eigenvalue weighted by atomic mass is 32.1. The van der Waals surface area contributed by atoms with Gasteiger partial charge in [0.1, 0.15) is 5.75 Å². The van der Waals surface area contributed by atoms with E-state index in [1.54, 1.807) is 7.11 Å². The maximum absolute atomic E-state index is 12.6. The van der Waals surface area contributed by atoms with Crippen molar-refractivity contribution in [2.75, 3.05) is 7.11 Å². The van der Waals surface area contributed by atoms with Crippen LogP contribution in [0.15, 0.2) is 66.7 Å². The molecule has 0 aliphatic rings. The summed E-state index contributed by atoms with van der Waals surface area (Å²) >= 11 is 5.52. The number of methoxy groups -OCH3 is 1. The van der Waals surface area contributed by atoms with Crippen LogP contribution in [-0.2, 0) is 13.1 Å². The standard InChI is InChI=1S/C24H23N3O2S/c1-16-3-5-18(6-4-16)15-27-22-12-9-19(13-21(22)26-24(27)30)23(28)25-14-17-7-10-20(29-2)11-8-17/h3-13H,14-15H2,1-2H3,(H,25,28)(H,26,30). The third-order valence-corrected chi connectivity index (χ3v) is 5.43. The predicted molar refractivity (Wildman–Crippen MR) is 122 cm³/mol. The third-order valence-electron chi connectivity index (χ3n) is 5.11. The van der Waals surface area contributed by atoms with Crippen molar-refractivity contribution in [3.63, 3.8) is 0 Å². The summed E-state index contributed by atoms with van der Waals surface area (Å²) in [5.41, 5.74) is 5.84. The van der Waals surface area contributed by atoms with Gasteiger partial charge in [-0.3, -0.25) is 4.79 Å². The molecule has 152 valence electrons. The Hall–Kier alpha value is -3.38. The second-order valence-electron chi connectivity index (χ2n) is 7.26. The molecule has 1 heterocycles. The number of fused-ring (bicyclic) bond motifs is 1. The number of H-pyrrole nitrogens is 1. The van der Waals surface area contributed by atoms with Crippen molar-refractivity contribution in [3.05, 3.63) is 93.8 Å². The van der Waals surface area contributed by atoms with E-state index in [-0.39, 0.29) is 5.91 Å². The Morgan fingerprint density at radius 2 is 1.73 bits per heavy atom. The van der Waals surface area contributed by atoms with Crippen LogP contribution in [0.5, 0.6) is 5.75 Å². The first-order chi connectivity index (χ1) is 14.5. The molecule has 0 aliphatic carbocycles. The van der Waals surface area contributed by atoms with E-state index in [2.05, 4.69) is 41.5 Å². The number of hydrogen-bond acceptors (Lipinski definition) is 3. The molecule has 1 amide bonds. The highest BCUT2D eigenvalue weighted by Gasteiger charge is 2.10. The van der Waals surface area contributed by atoms with Crippen LogP contribution in [0.1, 0.15) is 27.0 Å². The summed E-state index contributed by atoms with van der Waals surface area (Å²) in [7, 11) is 1.63. The molecule has 0 saturated heterocycles. The largest absolute Gasteiger partial charge is 0.497 e. The van der Waals surface area contributed by atoms with E-state index >= 15 is 0 Å². The number of nitrogens with one attached hydrogen (secondary N) is 2. The van der Waals surface area contributed by atoms with E-state index < -0.39 is 0 Å². The molecular formula is C24H23N3O2S. The van der Waals surface area contributed by atoms with Crippen LogP contribution in [0.3, 0.4) is 0 Å². The molecule has 0 saturated carbocycles. The molecular weight excluding hydrogens is 394 g/mol. The summed E-state index contributed by atoms with van der Waals surface area (Å²) in [5, 5.41) is 2.96. The van der Waals surface area contributed by atoms with Crippen molar-refractivity contribution in [2.24, 2.45) is 0 Å². The number of rotatable bonds is 6. The van der Waals surface area contributed by atoms with Gasteiger partial charge in [0.05, 0.1) is 24.7 Å². The lowest BCUT2D eigenvalue weighted by Crippen LogP contribution is -2.22. The normalized spacial score (nSPS) is 10.9. The fourth-order valence-electron chi connectivity index (χ4n) is 3.37. The molecule has 1 aromatic heterocycles. The van der Waals surface area contributed by atoms with Crippen molar-refractivity contribution in [3.8, 4) is 5.75 Å². The molecule has 3 aromatic carbocycles. The fraction of sp³-hybridized carbons (Fsp3) is 0.167. The third kappa shape index (κ3) is 4.28. The number of aryl methyl sites for hydroxylation is 1. The van der Waals surface area contributed by atoms with Gasteiger partial charge < -0.3 is 19.6 Å². The van der Waals surface area contributed by atoms with Crippen LogP contribution in [0, 0.1) is 11.7 Å². The SMILES string of the molecule is COc1ccc(CNC(=O)c2ccc3c(c2)[nH]c(=S)n3Cc2ccc(C)cc2)cc1. The molecule has 0 aliphatic heterocycles. The molecule has 0 fully saturated rings. The summed E-state index contributed by atoms with van der Waals surface area (Å²) in [6.07, 6.45) is 0. The fourth-order valence-corrected chi connectivity index (χ4v) is 3.64. The zero-order chi connectivity index (χ0) is 21.1. The van der Waals surface area contributed by atoms with Crippen LogP contribution in [0.2, 0.25) is 0 Å². The molecule has 30 heavy (non-hydrogen) atoms. The van der Waals surface area contributed by atoms with E-state index in [4.69, 9.17) is 17.0 Å². The number of nitrogens with zero attached hydrogens (tertiary/aromatic N) is 1. The summed E-state index contributed by atoms with van der Waals surface area (Å²) in [6.45, 7) is 3.20. The lowest BCUT2D eigenvalue weighted by atomic mass is 10.1. The van der Waals surface area contributed by atoms with E-state index in [1.165, 1.54) is 11.1 Å². The van der Waals surface area contributed by atoms with Crippen LogP contribution in [0.25, 0.3) is 11.0 Å². The van der Waals surface area contributed by atoms with Gasteiger partial charge in [-0.25, -0.2) is 0 Å². The van der Waals surface area contributed by atoms with Gasteiger partial charge in [0.25, 0.3) is 5.91 Å². The van der Waals surface area contributed by atoms with E-state index in [0.29, 0.717) is 23.4 Å². The monoisotopic (exact) mass is 417 g/mol. The molecule has 4 rings (SSSR count). The zero-order valence-electron chi connectivity index (χ0n) is 16.9. The summed E-state index contributed by atoms with van der Waals surface area (Å²) < 4.78 is 7.85. The average molecular weight is 418 g/mol. The smallest absolute Gasteiger partial charge is 0.251 e. The average Bonchev–Trinajstić information content (AvgIpc) is 3.08. The minimum absolute atomic E-state index is 0.127. The Kier molecular flexibility index (Phi) is 5.68. The van der Waals surface area contributed by atoms with Crippen LogP contribution >= 0.6 is 12.2 Å². The van der Waals surface area contributed by atoms with Gasteiger partial charge in [-0.1, -0.05) is 42.0 Å². The number of ether oxygens (including phenoxy) is 1.